The van der Waals surface area contributed by atoms with Crippen LogP contribution < -0.4 is 0 Å². The number of benzene rings is 1. The lowest BCUT2D eigenvalue weighted by molar-refractivity contribution is -0.137. The number of allylic oxidation sites excluding steroid dienone is 7. The number of hydrogen-bond acceptors (Lipinski definition) is 2. The van der Waals surface area contributed by atoms with Crippen molar-refractivity contribution in [3.63, 3.8) is 0 Å². The lowest BCUT2D eigenvalue weighted by atomic mass is 9.86. The molecule has 0 heterocycles. The molecule has 1 aromatic carbocycles. The van der Waals surface area contributed by atoms with Crippen LogP contribution in [-0.2, 0) is 16.0 Å². The van der Waals surface area contributed by atoms with Crippen LogP contribution in [0.4, 0.5) is 0 Å². The molecule has 126 valence electrons. The number of carbonyl (C=O) groups excluding carboxylic acids is 1. The normalized spacial score (nSPS) is 17.2. The van der Waals surface area contributed by atoms with Gasteiger partial charge >= 0.3 is 5.97 Å². The summed E-state index contributed by atoms with van der Waals surface area (Å²) in [4.78, 5) is 11.4. The highest BCUT2D eigenvalue weighted by Gasteiger charge is 2.12. The van der Waals surface area contributed by atoms with Crippen LogP contribution in [0.3, 0.4) is 0 Å². The van der Waals surface area contributed by atoms with E-state index in [2.05, 4.69) is 43.3 Å². The minimum absolute atomic E-state index is 0.290. The molecule has 1 aliphatic carbocycles. The van der Waals surface area contributed by atoms with Crippen molar-refractivity contribution in [3.8, 4) is 0 Å². The van der Waals surface area contributed by atoms with Crippen LogP contribution in [0.1, 0.15) is 44.7 Å². The first kappa shape index (κ1) is 18.0. The van der Waals surface area contributed by atoms with E-state index in [1.54, 1.807) is 6.92 Å². The van der Waals surface area contributed by atoms with E-state index in [-0.39, 0.29) is 5.97 Å². The summed E-state index contributed by atoms with van der Waals surface area (Å²) in [6.07, 6.45) is 13.3. The van der Waals surface area contributed by atoms with Crippen LogP contribution in [-0.4, -0.2) is 12.6 Å². The Balaban J connectivity index is 2.07. The number of ether oxygens (including phenoxy) is 1. The predicted molar refractivity (Wildman–Crippen MR) is 101 cm³/mol. The minimum Gasteiger partial charge on any atom is -0.463 e. The Morgan fingerprint density at radius 3 is 2.75 bits per heavy atom. The molecule has 1 aliphatic rings. The first-order valence-corrected chi connectivity index (χ1v) is 8.59. The molecular formula is C22H26O2. The van der Waals surface area contributed by atoms with Crippen LogP contribution >= 0.6 is 0 Å². The average molecular weight is 322 g/mol. The Morgan fingerprint density at radius 2 is 1.96 bits per heavy atom. The van der Waals surface area contributed by atoms with Gasteiger partial charge in [-0.1, -0.05) is 54.1 Å². The first-order chi connectivity index (χ1) is 11.6. The number of esters is 1. The maximum atomic E-state index is 11.4. The largest absolute Gasteiger partial charge is 0.463 e. The van der Waals surface area contributed by atoms with Gasteiger partial charge in [0.1, 0.15) is 0 Å². The minimum atomic E-state index is -0.290. The molecular weight excluding hydrogens is 296 g/mol. The van der Waals surface area contributed by atoms with Crippen LogP contribution in [0.5, 0.6) is 0 Å². The van der Waals surface area contributed by atoms with E-state index in [0.717, 1.165) is 12.0 Å². The van der Waals surface area contributed by atoms with Crippen molar-refractivity contribution in [2.75, 3.05) is 6.61 Å². The van der Waals surface area contributed by atoms with E-state index >= 15 is 0 Å². The Bertz CT molecular complexity index is 702. The summed E-state index contributed by atoms with van der Waals surface area (Å²) in [5.74, 6) is -0.290. The lowest BCUT2D eigenvalue weighted by Crippen LogP contribution is -2.01. The molecule has 0 unspecified atom stereocenters. The maximum Gasteiger partial charge on any atom is 0.330 e. The number of aryl methyl sites for hydroxylation is 1. The van der Waals surface area contributed by atoms with Gasteiger partial charge in [-0.05, 0) is 62.3 Å². The SMILES string of the molecule is CCOC(=O)/C=C(C)/C=C/C=C(C)\C=C1/CCCc2ccccc21. The second-order valence-corrected chi connectivity index (χ2v) is 6.09. The zero-order valence-electron chi connectivity index (χ0n) is 14.8. The summed E-state index contributed by atoms with van der Waals surface area (Å²) < 4.78 is 4.90. The molecule has 0 aromatic heterocycles. The molecule has 2 rings (SSSR count). The topological polar surface area (TPSA) is 26.3 Å². The van der Waals surface area contributed by atoms with Crippen LogP contribution in [0, 0.1) is 0 Å². The lowest BCUT2D eigenvalue weighted by Gasteiger charge is -2.18. The molecule has 0 N–H and O–H groups in total. The molecule has 0 atom stereocenters. The monoisotopic (exact) mass is 322 g/mol. The number of rotatable bonds is 5. The van der Waals surface area contributed by atoms with Gasteiger partial charge in [0.15, 0.2) is 0 Å². The molecule has 0 saturated heterocycles. The second-order valence-electron chi connectivity index (χ2n) is 6.09. The summed E-state index contributed by atoms with van der Waals surface area (Å²) in [6, 6.07) is 8.67. The van der Waals surface area contributed by atoms with Crippen LogP contribution in [0.15, 0.2) is 65.8 Å². The Labute approximate surface area is 145 Å². The first-order valence-electron chi connectivity index (χ1n) is 8.59. The van der Waals surface area contributed by atoms with E-state index in [1.165, 1.54) is 41.2 Å². The van der Waals surface area contributed by atoms with E-state index in [1.807, 2.05) is 19.1 Å². The fraction of sp³-hybridized carbons (Fsp3) is 0.318. The summed E-state index contributed by atoms with van der Waals surface area (Å²) in [7, 11) is 0. The van der Waals surface area contributed by atoms with E-state index in [9.17, 15) is 4.79 Å². The van der Waals surface area contributed by atoms with Crippen molar-refractivity contribution < 1.29 is 9.53 Å². The number of carbonyl (C=O) groups is 1. The number of fused-ring (bicyclic) bond motifs is 1. The Morgan fingerprint density at radius 1 is 1.17 bits per heavy atom. The summed E-state index contributed by atoms with van der Waals surface area (Å²) >= 11 is 0. The third-order valence-corrected chi connectivity index (χ3v) is 4.01. The van der Waals surface area contributed by atoms with Gasteiger partial charge in [-0.15, -0.1) is 0 Å². The predicted octanol–water partition coefficient (Wildman–Crippen LogP) is 5.42. The molecule has 2 heteroatoms. The molecule has 0 saturated carbocycles. The van der Waals surface area contributed by atoms with E-state index in [4.69, 9.17) is 4.74 Å². The summed E-state index contributed by atoms with van der Waals surface area (Å²) in [6.45, 7) is 6.21. The van der Waals surface area contributed by atoms with Gasteiger partial charge in [0.05, 0.1) is 6.61 Å². The highest BCUT2D eigenvalue weighted by molar-refractivity contribution is 5.83. The summed E-state index contributed by atoms with van der Waals surface area (Å²) in [5.41, 5.74) is 6.35. The third-order valence-electron chi connectivity index (χ3n) is 4.01. The molecule has 24 heavy (non-hydrogen) atoms. The highest BCUT2D eigenvalue weighted by Crippen LogP contribution is 2.31. The van der Waals surface area contributed by atoms with Crippen LogP contribution in [0.2, 0.25) is 0 Å². The molecule has 0 radical (unpaired) electrons. The Kier molecular flexibility index (Phi) is 6.80. The smallest absolute Gasteiger partial charge is 0.330 e. The quantitative estimate of drug-likeness (QED) is 0.411. The Hall–Kier alpha value is -2.35. The molecule has 0 bridgehead atoms. The van der Waals surface area contributed by atoms with E-state index in [0.29, 0.717) is 6.61 Å². The maximum absolute atomic E-state index is 11.4. The zero-order valence-corrected chi connectivity index (χ0v) is 14.8. The van der Waals surface area contributed by atoms with Gasteiger partial charge < -0.3 is 4.74 Å². The molecule has 0 aliphatic heterocycles. The fourth-order valence-electron chi connectivity index (χ4n) is 2.90. The standard InChI is InChI=1S/C22H26O2/c1-4-24-22(23)16-18(3)10-7-9-17(2)15-20-13-8-12-19-11-5-6-14-21(19)20/h5-7,9-11,14-16H,4,8,12-13H2,1-3H3/b10-7+,17-9-,18-16+,20-15+. The van der Waals surface area contributed by atoms with Crippen molar-refractivity contribution in [2.45, 2.75) is 40.0 Å². The second kappa shape index (κ2) is 9.07. The van der Waals surface area contributed by atoms with Gasteiger partial charge in [0.2, 0.25) is 0 Å². The van der Waals surface area contributed by atoms with E-state index < -0.39 is 0 Å². The van der Waals surface area contributed by atoms with Gasteiger partial charge in [0.25, 0.3) is 0 Å². The molecule has 0 fully saturated rings. The summed E-state index contributed by atoms with van der Waals surface area (Å²) in [5, 5.41) is 0. The van der Waals surface area contributed by atoms with Gasteiger partial charge in [-0.3, -0.25) is 0 Å². The van der Waals surface area contributed by atoms with Gasteiger partial charge in [-0.2, -0.15) is 0 Å². The molecule has 0 spiro atoms. The van der Waals surface area contributed by atoms with Crippen molar-refractivity contribution in [2.24, 2.45) is 0 Å². The van der Waals surface area contributed by atoms with Crippen molar-refractivity contribution >= 4 is 11.5 Å². The molecule has 0 amide bonds. The van der Waals surface area contributed by atoms with Crippen molar-refractivity contribution in [1.82, 2.24) is 0 Å². The van der Waals surface area contributed by atoms with Gasteiger partial charge in [-0.25, -0.2) is 4.79 Å². The molecule has 2 nitrogen and oxygen atoms in total. The average Bonchev–Trinajstić information content (AvgIpc) is 2.55. The fourth-order valence-corrected chi connectivity index (χ4v) is 2.90. The molecule has 1 aromatic rings. The van der Waals surface area contributed by atoms with Crippen molar-refractivity contribution in [1.29, 1.82) is 0 Å². The van der Waals surface area contributed by atoms with Crippen molar-refractivity contribution in [3.05, 3.63) is 76.9 Å². The third kappa shape index (κ3) is 5.38. The highest BCUT2D eigenvalue weighted by atomic mass is 16.5. The van der Waals surface area contributed by atoms with Crippen LogP contribution in [0.25, 0.3) is 5.57 Å². The number of hydrogen-bond donors (Lipinski definition) is 0. The zero-order chi connectivity index (χ0) is 17.4. The van der Waals surface area contributed by atoms with Gasteiger partial charge in [0, 0.05) is 6.08 Å².